The number of aromatic nitrogens is 1. The van der Waals surface area contributed by atoms with Crippen LogP contribution in [0.3, 0.4) is 0 Å². The zero-order valence-electron chi connectivity index (χ0n) is 19.2. The lowest BCUT2D eigenvalue weighted by Crippen LogP contribution is -2.36. The molecule has 1 saturated heterocycles. The minimum absolute atomic E-state index is 0.169. The minimum atomic E-state index is -1.36. The summed E-state index contributed by atoms with van der Waals surface area (Å²) in [5.74, 6) is -0.157. The van der Waals surface area contributed by atoms with Crippen molar-refractivity contribution in [2.24, 2.45) is 5.92 Å². The van der Waals surface area contributed by atoms with Crippen molar-refractivity contribution < 1.29 is 24.2 Å². The van der Waals surface area contributed by atoms with Crippen LogP contribution < -0.4 is 10.1 Å². The first-order valence-electron chi connectivity index (χ1n) is 10.8. The highest BCUT2D eigenvalue weighted by atomic mass is 16.7. The van der Waals surface area contributed by atoms with Crippen molar-refractivity contribution in [1.82, 2.24) is 15.2 Å². The maximum Gasteiger partial charge on any atom is 0.412 e. The SMILES string of the molecule is CC(C)(O)OC(=O)N1CCCC1.CC(C)CNC(=O)c1cccnc1Oc1ccccc1. The summed E-state index contributed by atoms with van der Waals surface area (Å²) in [5.41, 5.74) is 0.442. The Morgan fingerprint density at radius 1 is 1.12 bits per heavy atom. The molecule has 1 aromatic heterocycles. The van der Waals surface area contributed by atoms with Crippen molar-refractivity contribution in [2.75, 3.05) is 19.6 Å². The summed E-state index contributed by atoms with van der Waals surface area (Å²) in [7, 11) is 0. The summed E-state index contributed by atoms with van der Waals surface area (Å²) in [4.78, 5) is 29.1. The van der Waals surface area contributed by atoms with Crippen LogP contribution in [0.4, 0.5) is 4.79 Å². The Morgan fingerprint density at radius 3 is 2.38 bits per heavy atom. The zero-order chi connectivity index (χ0) is 23.6. The van der Waals surface area contributed by atoms with Crippen molar-refractivity contribution in [3.8, 4) is 11.6 Å². The third kappa shape index (κ3) is 8.93. The van der Waals surface area contributed by atoms with Crippen LogP contribution in [0.25, 0.3) is 0 Å². The standard InChI is InChI=1S/C16H18N2O2.C8H15NO3/c1-12(2)11-18-15(19)14-9-6-10-17-16(14)20-13-7-4-3-5-8-13;1-8(2,11)12-7(10)9-5-3-4-6-9/h3-10,12H,11H2,1-2H3,(H,18,19);11H,3-6H2,1-2H3. The van der Waals surface area contributed by atoms with E-state index in [1.165, 1.54) is 13.8 Å². The molecule has 3 rings (SSSR count). The Bertz CT molecular complexity index is 859. The van der Waals surface area contributed by atoms with E-state index in [2.05, 4.69) is 10.3 Å². The maximum absolute atomic E-state index is 12.1. The number of hydrogen-bond acceptors (Lipinski definition) is 6. The molecule has 2 heterocycles. The first kappa shape index (κ1) is 25.1. The molecule has 1 aliphatic rings. The van der Waals surface area contributed by atoms with Gasteiger partial charge < -0.3 is 24.8 Å². The monoisotopic (exact) mass is 443 g/mol. The van der Waals surface area contributed by atoms with Gasteiger partial charge in [0.1, 0.15) is 11.3 Å². The van der Waals surface area contributed by atoms with Crippen LogP contribution in [-0.4, -0.2) is 52.4 Å². The van der Waals surface area contributed by atoms with E-state index in [1.54, 1.807) is 23.2 Å². The van der Waals surface area contributed by atoms with Gasteiger partial charge in [-0.3, -0.25) is 4.79 Å². The molecular formula is C24H33N3O5. The van der Waals surface area contributed by atoms with Gasteiger partial charge in [-0.25, -0.2) is 9.78 Å². The number of nitrogens with one attached hydrogen (secondary N) is 1. The maximum atomic E-state index is 12.1. The number of hydrogen-bond donors (Lipinski definition) is 2. The number of likely N-dealkylation sites (tertiary alicyclic amines) is 1. The quantitative estimate of drug-likeness (QED) is 0.649. The Balaban J connectivity index is 0.000000258. The molecule has 2 amide bonds. The Morgan fingerprint density at radius 2 is 1.78 bits per heavy atom. The minimum Gasteiger partial charge on any atom is -0.438 e. The van der Waals surface area contributed by atoms with Gasteiger partial charge in [-0.1, -0.05) is 32.0 Å². The molecule has 0 aliphatic carbocycles. The second-order valence-electron chi connectivity index (χ2n) is 8.38. The largest absolute Gasteiger partial charge is 0.438 e. The van der Waals surface area contributed by atoms with Crippen molar-refractivity contribution >= 4 is 12.0 Å². The third-order valence-electron chi connectivity index (χ3n) is 4.35. The molecule has 8 heteroatoms. The number of amides is 2. The van der Waals surface area contributed by atoms with Crippen LogP contribution in [0, 0.1) is 5.92 Å². The molecule has 32 heavy (non-hydrogen) atoms. The molecule has 1 aliphatic heterocycles. The summed E-state index contributed by atoms with van der Waals surface area (Å²) in [5, 5.41) is 12.0. The number of rotatable bonds is 6. The van der Waals surface area contributed by atoms with E-state index in [4.69, 9.17) is 9.47 Å². The van der Waals surface area contributed by atoms with Gasteiger partial charge in [0, 0.05) is 39.7 Å². The summed E-state index contributed by atoms with van der Waals surface area (Å²) in [6.45, 7) is 9.10. The third-order valence-corrected chi connectivity index (χ3v) is 4.35. The molecule has 2 N–H and O–H groups in total. The first-order valence-corrected chi connectivity index (χ1v) is 10.8. The van der Waals surface area contributed by atoms with Crippen LogP contribution in [-0.2, 0) is 4.74 Å². The van der Waals surface area contributed by atoms with Crippen molar-refractivity contribution in [3.05, 3.63) is 54.2 Å². The van der Waals surface area contributed by atoms with Gasteiger partial charge in [0.2, 0.25) is 11.7 Å². The van der Waals surface area contributed by atoms with Crippen LogP contribution in [0.5, 0.6) is 11.6 Å². The van der Waals surface area contributed by atoms with Gasteiger partial charge >= 0.3 is 6.09 Å². The molecular weight excluding hydrogens is 410 g/mol. The van der Waals surface area contributed by atoms with E-state index < -0.39 is 11.9 Å². The molecule has 0 saturated carbocycles. The molecule has 2 aromatic rings. The van der Waals surface area contributed by atoms with Gasteiger partial charge in [-0.05, 0) is 43.0 Å². The van der Waals surface area contributed by atoms with Crippen LogP contribution >= 0.6 is 0 Å². The molecule has 174 valence electrons. The predicted molar refractivity (Wildman–Crippen MR) is 122 cm³/mol. The summed E-state index contributed by atoms with van der Waals surface area (Å²) in [6, 6.07) is 12.7. The number of ether oxygens (including phenoxy) is 2. The number of aliphatic hydroxyl groups is 1. The molecule has 8 nitrogen and oxygen atoms in total. The second kappa shape index (κ2) is 12.0. The first-order chi connectivity index (χ1) is 15.2. The average Bonchev–Trinajstić information content (AvgIpc) is 3.28. The van der Waals surface area contributed by atoms with E-state index in [1.807, 2.05) is 44.2 Å². The highest BCUT2D eigenvalue weighted by Crippen LogP contribution is 2.22. The number of para-hydroxylation sites is 1. The Labute approximate surface area is 189 Å². The molecule has 1 aromatic carbocycles. The summed E-state index contributed by atoms with van der Waals surface area (Å²) >= 11 is 0. The second-order valence-corrected chi connectivity index (χ2v) is 8.38. The highest BCUT2D eigenvalue weighted by molar-refractivity contribution is 5.96. The van der Waals surface area contributed by atoms with E-state index in [0.29, 0.717) is 29.7 Å². The van der Waals surface area contributed by atoms with Crippen molar-refractivity contribution in [1.29, 1.82) is 0 Å². The topological polar surface area (TPSA) is 101 Å². The fraction of sp³-hybridized carbons (Fsp3) is 0.458. The van der Waals surface area contributed by atoms with Gasteiger partial charge in [0.15, 0.2) is 0 Å². The smallest absolute Gasteiger partial charge is 0.412 e. The van der Waals surface area contributed by atoms with Crippen LogP contribution in [0.2, 0.25) is 0 Å². The predicted octanol–water partition coefficient (Wildman–Crippen LogP) is 4.21. The van der Waals surface area contributed by atoms with Gasteiger partial charge in [-0.2, -0.15) is 0 Å². The molecule has 1 fully saturated rings. The van der Waals surface area contributed by atoms with Crippen molar-refractivity contribution in [3.63, 3.8) is 0 Å². The Hall–Kier alpha value is -3.13. The van der Waals surface area contributed by atoms with Gasteiger partial charge in [-0.15, -0.1) is 0 Å². The van der Waals surface area contributed by atoms with E-state index in [-0.39, 0.29) is 5.91 Å². The van der Waals surface area contributed by atoms with Gasteiger partial charge in [0.25, 0.3) is 5.91 Å². The lowest BCUT2D eigenvalue weighted by molar-refractivity contribution is -0.138. The summed E-state index contributed by atoms with van der Waals surface area (Å²) < 4.78 is 10.4. The normalized spacial score (nSPS) is 13.2. The molecule has 0 bridgehead atoms. The highest BCUT2D eigenvalue weighted by Gasteiger charge is 2.25. The number of pyridine rings is 1. The van der Waals surface area contributed by atoms with E-state index in [9.17, 15) is 14.7 Å². The molecule has 0 radical (unpaired) electrons. The average molecular weight is 444 g/mol. The molecule has 0 unspecified atom stereocenters. The zero-order valence-corrected chi connectivity index (χ0v) is 19.2. The number of carbonyl (C=O) groups is 2. The van der Waals surface area contributed by atoms with E-state index in [0.717, 1.165) is 25.9 Å². The van der Waals surface area contributed by atoms with Crippen LogP contribution in [0.1, 0.15) is 50.9 Å². The molecule has 0 spiro atoms. The van der Waals surface area contributed by atoms with Crippen molar-refractivity contribution in [2.45, 2.75) is 46.3 Å². The molecule has 0 atom stereocenters. The van der Waals surface area contributed by atoms with E-state index >= 15 is 0 Å². The number of nitrogens with zero attached hydrogens (tertiary/aromatic N) is 2. The summed E-state index contributed by atoms with van der Waals surface area (Å²) in [6.07, 6.45) is 3.25. The lowest BCUT2D eigenvalue weighted by atomic mass is 10.2. The fourth-order valence-corrected chi connectivity index (χ4v) is 2.82. The number of carbonyl (C=O) groups excluding carboxylic acids is 2. The van der Waals surface area contributed by atoms with Gasteiger partial charge in [0.05, 0.1) is 0 Å². The number of benzene rings is 1. The lowest BCUT2D eigenvalue weighted by Gasteiger charge is -2.22. The fourth-order valence-electron chi connectivity index (χ4n) is 2.82. The van der Waals surface area contributed by atoms with Crippen LogP contribution in [0.15, 0.2) is 48.7 Å². The Kier molecular flexibility index (Phi) is 9.46.